The Hall–Kier alpha value is -1.84. The third kappa shape index (κ3) is 4.13. The average Bonchev–Trinajstić information content (AvgIpc) is 2.27. The Bertz CT molecular complexity index is 363. The molecule has 16 heavy (non-hydrogen) atoms. The van der Waals surface area contributed by atoms with E-state index in [1.807, 2.05) is 30.3 Å². The van der Waals surface area contributed by atoms with E-state index in [1.165, 1.54) is 0 Å². The molecule has 1 atom stereocenters. The van der Waals surface area contributed by atoms with Crippen LogP contribution in [0.4, 0.5) is 0 Å². The average molecular weight is 220 g/mol. The molecule has 0 aromatic heterocycles. The molecule has 0 aliphatic heterocycles. The van der Waals surface area contributed by atoms with Crippen LogP contribution in [0.25, 0.3) is 0 Å². The van der Waals surface area contributed by atoms with Gasteiger partial charge in [0.05, 0.1) is 12.3 Å². The summed E-state index contributed by atoms with van der Waals surface area (Å²) in [6, 6.07) is 9.44. The Balaban J connectivity index is 2.35. The van der Waals surface area contributed by atoms with Crippen molar-refractivity contribution in [1.82, 2.24) is 5.32 Å². The lowest BCUT2D eigenvalue weighted by Crippen LogP contribution is -2.35. The van der Waals surface area contributed by atoms with Crippen LogP contribution in [0.3, 0.4) is 0 Å². The van der Waals surface area contributed by atoms with E-state index in [4.69, 9.17) is 5.73 Å². The van der Waals surface area contributed by atoms with Crippen molar-refractivity contribution >= 4 is 11.8 Å². The molecule has 3 N–H and O–H groups in total. The van der Waals surface area contributed by atoms with Gasteiger partial charge in [-0.25, -0.2) is 0 Å². The Morgan fingerprint density at radius 3 is 2.50 bits per heavy atom. The topological polar surface area (TPSA) is 72.2 Å². The fourth-order valence-corrected chi connectivity index (χ4v) is 1.21. The van der Waals surface area contributed by atoms with E-state index in [1.54, 1.807) is 6.92 Å². The molecule has 1 aromatic carbocycles. The summed E-state index contributed by atoms with van der Waals surface area (Å²) in [7, 11) is 0. The minimum atomic E-state index is -0.403. The maximum Gasteiger partial charge on any atom is 0.224 e. The van der Waals surface area contributed by atoms with Gasteiger partial charge >= 0.3 is 0 Å². The third-order valence-electron chi connectivity index (χ3n) is 2.30. The van der Waals surface area contributed by atoms with Gasteiger partial charge in [0, 0.05) is 6.54 Å². The van der Waals surface area contributed by atoms with Crippen LogP contribution < -0.4 is 11.1 Å². The van der Waals surface area contributed by atoms with E-state index in [2.05, 4.69) is 5.32 Å². The molecule has 0 bridgehead atoms. The van der Waals surface area contributed by atoms with Crippen molar-refractivity contribution in [1.29, 1.82) is 0 Å². The molecule has 0 spiro atoms. The van der Waals surface area contributed by atoms with E-state index in [9.17, 15) is 9.59 Å². The van der Waals surface area contributed by atoms with Crippen LogP contribution in [0.15, 0.2) is 30.3 Å². The van der Waals surface area contributed by atoms with Crippen molar-refractivity contribution in [2.24, 2.45) is 11.7 Å². The molecule has 0 radical (unpaired) electrons. The van der Waals surface area contributed by atoms with Crippen molar-refractivity contribution in [2.45, 2.75) is 13.3 Å². The Morgan fingerprint density at radius 1 is 1.31 bits per heavy atom. The van der Waals surface area contributed by atoms with Crippen LogP contribution in [-0.4, -0.2) is 18.4 Å². The molecule has 4 nitrogen and oxygen atoms in total. The number of benzene rings is 1. The monoisotopic (exact) mass is 220 g/mol. The SMILES string of the molecule is CC(CNC(=O)Cc1ccccc1)C(N)=O. The summed E-state index contributed by atoms with van der Waals surface area (Å²) < 4.78 is 0. The zero-order chi connectivity index (χ0) is 12.0. The summed E-state index contributed by atoms with van der Waals surface area (Å²) in [6.07, 6.45) is 0.326. The van der Waals surface area contributed by atoms with Gasteiger partial charge in [0.1, 0.15) is 0 Å². The molecule has 86 valence electrons. The number of hydrogen-bond acceptors (Lipinski definition) is 2. The Morgan fingerprint density at radius 2 is 1.94 bits per heavy atom. The fraction of sp³-hybridized carbons (Fsp3) is 0.333. The van der Waals surface area contributed by atoms with Crippen LogP contribution >= 0.6 is 0 Å². The molecule has 4 heteroatoms. The maximum absolute atomic E-state index is 11.5. The normalized spacial score (nSPS) is 11.8. The number of rotatable bonds is 5. The van der Waals surface area contributed by atoms with Crippen molar-refractivity contribution in [3.63, 3.8) is 0 Å². The van der Waals surface area contributed by atoms with Gasteiger partial charge in [0.15, 0.2) is 0 Å². The number of amides is 2. The van der Waals surface area contributed by atoms with Gasteiger partial charge in [0.25, 0.3) is 0 Å². The highest BCUT2D eigenvalue weighted by Gasteiger charge is 2.10. The first-order chi connectivity index (χ1) is 7.59. The molecule has 0 saturated carbocycles. The number of nitrogens with two attached hydrogens (primary N) is 1. The van der Waals surface area contributed by atoms with Gasteiger partial charge in [-0.15, -0.1) is 0 Å². The highest BCUT2D eigenvalue weighted by molar-refractivity contribution is 5.80. The lowest BCUT2D eigenvalue weighted by atomic mass is 10.1. The van der Waals surface area contributed by atoms with Gasteiger partial charge in [-0.2, -0.15) is 0 Å². The zero-order valence-electron chi connectivity index (χ0n) is 9.27. The number of carbonyl (C=O) groups excluding carboxylic acids is 2. The predicted octanol–water partition coefficient (Wildman–Crippen LogP) is 0.467. The highest BCUT2D eigenvalue weighted by atomic mass is 16.2. The maximum atomic E-state index is 11.5. The molecule has 1 unspecified atom stereocenters. The van der Waals surface area contributed by atoms with Crippen molar-refractivity contribution < 1.29 is 9.59 Å². The van der Waals surface area contributed by atoms with E-state index in [0.717, 1.165) is 5.56 Å². The summed E-state index contributed by atoms with van der Waals surface area (Å²) in [5.74, 6) is -0.834. The number of primary amides is 1. The molecule has 0 fully saturated rings. The number of hydrogen-bond donors (Lipinski definition) is 2. The van der Waals surface area contributed by atoms with Gasteiger partial charge in [-0.05, 0) is 5.56 Å². The van der Waals surface area contributed by atoms with Crippen LogP contribution in [0.5, 0.6) is 0 Å². The first-order valence-corrected chi connectivity index (χ1v) is 5.19. The molecule has 0 saturated heterocycles. The van der Waals surface area contributed by atoms with E-state index >= 15 is 0 Å². The van der Waals surface area contributed by atoms with Gasteiger partial charge in [-0.3, -0.25) is 9.59 Å². The Kier molecular flexibility index (Phi) is 4.51. The zero-order valence-corrected chi connectivity index (χ0v) is 9.27. The second-order valence-electron chi connectivity index (χ2n) is 3.77. The molecule has 1 rings (SSSR count). The van der Waals surface area contributed by atoms with Crippen LogP contribution in [-0.2, 0) is 16.0 Å². The molecule has 2 amide bonds. The molecule has 0 aliphatic carbocycles. The van der Waals surface area contributed by atoms with Gasteiger partial charge < -0.3 is 11.1 Å². The number of nitrogens with one attached hydrogen (secondary N) is 1. The summed E-state index contributed by atoms with van der Waals surface area (Å²) in [5.41, 5.74) is 6.04. The number of carbonyl (C=O) groups is 2. The lowest BCUT2D eigenvalue weighted by Gasteiger charge is -2.08. The standard InChI is InChI=1S/C12H16N2O2/c1-9(12(13)16)8-14-11(15)7-10-5-3-2-4-6-10/h2-6,9H,7-8H2,1H3,(H2,13,16)(H,14,15). The first-order valence-electron chi connectivity index (χ1n) is 5.19. The summed E-state index contributed by atoms with van der Waals surface area (Å²) in [6.45, 7) is 1.98. The minimum Gasteiger partial charge on any atom is -0.369 e. The molecule has 1 aromatic rings. The van der Waals surface area contributed by atoms with Crippen molar-refractivity contribution in [2.75, 3.05) is 6.54 Å². The van der Waals surface area contributed by atoms with Crippen molar-refractivity contribution in [3.05, 3.63) is 35.9 Å². The van der Waals surface area contributed by atoms with E-state index in [-0.39, 0.29) is 11.8 Å². The Labute approximate surface area is 94.8 Å². The fourth-order valence-electron chi connectivity index (χ4n) is 1.21. The van der Waals surface area contributed by atoms with Gasteiger partial charge in [0.2, 0.25) is 11.8 Å². The smallest absolute Gasteiger partial charge is 0.224 e. The van der Waals surface area contributed by atoms with E-state index < -0.39 is 5.91 Å². The first kappa shape index (κ1) is 12.2. The molecular formula is C12H16N2O2. The minimum absolute atomic E-state index is 0.0979. The quantitative estimate of drug-likeness (QED) is 0.757. The van der Waals surface area contributed by atoms with E-state index in [0.29, 0.717) is 13.0 Å². The molecular weight excluding hydrogens is 204 g/mol. The van der Waals surface area contributed by atoms with Crippen molar-refractivity contribution in [3.8, 4) is 0 Å². The van der Waals surface area contributed by atoms with Crippen LogP contribution in [0.2, 0.25) is 0 Å². The second-order valence-corrected chi connectivity index (χ2v) is 3.77. The predicted molar refractivity (Wildman–Crippen MR) is 61.5 cm³/mol. The van der Waals surface area contributed by atoms with Gasteiger partial charge in [-0.1, -0.05) is 37.3 Å². The summed E-state index contributed by atoms with van der Waals surface area (Å²) in [5, 5.41) is 2.67. The summed E-state index contributed by atoms with van der Waals surface area (Å²) >= 11 is 0. The highest BCUT2D eigenvalue weighted by Crippen LogP contribution is 1.99. The second kappa shape index (κ2) is 5.90. The molecule has 0 aliphatic rings. The third-order valence-corrected chi connectivity index (χ3v) is 2.30. The lowest BCUT2D eigenvalue weighted by molar-refractivity contribution is -0.122. The summed E-state index contributed by atoms with van der Waals surface area (Å²) in [4.78, 5) is 22.2. The van der Waals surface area contributed by atoms with Crippen LogP contribution in [0, 0.1) is 5.92 Å². The largest absolute Gasteiger partial charge is 0.369 e. The van der Waals surface area contributed by atoms with Crippen LogP contribution in [0.1, 0.15) is 12.5 Å². The molecule has 0 heterocycles.